The summed E-state index contributed by atoms with van der Waals surface area (Å²) in [6.07, 6.45) is 3.81. The van der Waals surface area contributed by atoms with Gasteiger partial charge in [-0.1, -0.05) is 13.8 Å². The first-order valence-electron chi connectivity index (χ1n) is 11.0. The van der Waals surface area contributed by atoms with E-state index >= 15 is 0 Å². The molecular formula is C24H27F2N5OP2. The highest BCUT2D eigenvalue weighted by atomic mass is 31.1. The van der Waals surface area contributed by atoms with E-state index < -0.39 is 17.5 Å². The molecule has 6 nitrogen and oxygen atoms in total. The van der Waals surface area contributed by atoms with Crippen LogP contribution < -0.4 is 10.2 Å². The molecule has 1 N–H and O–H groups in total. The Balaban J connectivity index is 1.82. The molecule has 0 aliphatic carbocycles. The molecular weight excluding hydrogens is 474 g/mol. The summed E-state index contributed by atoms with van der Waals surface area (Å²) < 4.78 is 28.9. The lowest BCUT2D eigenvalue weighted by molar-refractivity contribution is 0.102. The molecule has 1 fully saturated rings. The number of aromatic nitrogens is 3. The Labute approximate surface area is 202 Å². The van der Waals surface area contributed by atoms with Gasteiger partial charge in [0.1, 0.15) is 17.5 Å². The molecule has 34 heavy (non-hydrogen) atoms. The monoisotopic (exact) mass is 501 g/mol. The third kappa shape index (κ3) is 5.24. The maximum Gasteiger partial charge on any atom is 0.258 e. The van der Waals surface area contributed by atoms with Gasteiger partial charge in [-0.2, -0.15) is 0 Å². The van der Waals surface area contributed by atoms with Gasteiger partial charge in [0.15, 0.2) is 5.82 Å². The van der Waals surface area contributed by atoms with Crippen molar-refractivity contribution in [3.8, 4) is 11.1 Å². The number of aryl methyl sites for hydroxylation is 1. The molecule has 1 saturated heterocycles. The summed E-state index contributed by atoms with van der Waals surface area (Å²) in [6, 6.07) is 4.93. The van der Waals surface area contributed by atoms with Crippen molar-refractivity contribution in [1.29, 1.82) is 0 Å². The zero-order valence-electron chi connectivity index (χ0n) is 19.3. The van der Waals surface area contributed by atoms with Gasteiger partial charge in [-0.25, -0.2) is 23.7 Å². The third-order valence-electron chi connectivity index (χ3n) is 5.67. The summed E-state index contributed by atoms with van der Waals surface area (Å²) in [7, 11) is 5.65. The smallest absolute Gasteiger partial charge is 0.258 e. The highest BCUT2D eigenvalue weighted by Crippen LogP contribution is 2.43. The van der Waals surface area contributed by atoms with E-state index in [0.29, 0.717) is 41.7 Å². The van der Waals surface area contributed by atoms with Crippen LogP contribution >= 0.6 is 18.5 Å². The average molecular weight is 501 g/mol. The number of amides is 1. The molecule has 0 bridgehead atoms. The largest absolute Gasteiger partial charge is 0.354 e. The zero-order valence-corrected chi connectivity index (χ0v) is 21.6. The first-order valence-corrected chi connectivity index (χ1v) is 12.1. The van der Waals surface area contributed by atoms with Crippen molar-refractivity contribution in [1.82, 2.24) is 15.0 Å². The molecule has 1 amide bonds. The van der Waals surface area contributed by atoms with Crippen molar-refractivity contribution in [2.45, 2.75) is 38.0 Å². The van der Waals surface area contributed by atoms with Crippen LogP contribution in [0.4, 0.5) is 20.3 Å². The molecule has 1 aliphatic heterocycles. The Hall–Kier alpha value is -2.56. The van der Waals surface area contributed by atoms with Crippen molar-refractivity contribution < 1.29 is 13.6 Å². The highest BCUT2D eigenvalue weighted by molar-refractivity contribution is 7.40. The number of benzene rings is 1. The Morgan fingerprint density at radius 3 is 2.47 bits per heavy atom. The van der Waals surface area contributed by atoms with Crippen LogP contribution in [-0.4, -0.2) is 38.8 Å². The molecule has 0 spiro atoms. The fourth-order valence-electron chi connectivity index (χ4n) is 3.90. The normalized spacial score (nSPS) is 15.1. The second-order valence-electron chi connectivity index (χ2n) is 8.98. The molecule has 2 aromatic heterocycles. The van der Waals surface area contributed by atoms with Gasteiger partial charge in [0.25, 0.3) is 5.91 Å². The van der Waals surface area contributed by atoms with Gasteiger partial charge in [0, 0.05) is 53.1 Å². The van der Waals surface area contributed by atoms with Gasteiger partial charge < -0.3 is 10.2 Å². The van der Waals surface area contributed by atoms with E-state index in [1.54, 1.807) is 13.0 Å². The first kappa shape index (κ1) is 24.6. The number of carbonyl (C=O) groups excluding carboxylic acids is 1. The molecule has 178 valence electrons. The molecule has 4 rings (SSSR count). The minimum Gasteiger partial charge on any atom is -0.354 e. The predicted octanol–water partition coefficient (Wildman–Crippen LogP) is 5.16. The minimum absolute atomic E-state index is 0.0515. The van der Waals surface area contributed by atoms with Gasteiger partial charge in [-0.3, -0.25) is 4.79 Å². The fraction of sp³-hybridized carbons (Fsp3) is 0.333. The van der Waals surface area contributed by atoms with Gasteiger partial charge in [0.2, 0.25) is 0 Å². The Morgan fingerprint density at radius 1 is 1.15 bits per heavy atom. The summed E-state index contributed by atoms with van der Waals surface area (Å²) in [5, 5.41) is 2.89. The lowest BCUT2D eigenvalue weighted by Gasteiger charge is -2.25. The number of hydrogen-bond acceptors (Lipinski definition) is 5. The maximum atomic E-state index is 14.8. The van der Waals surface area contributed by atoms with E-state index in [-0.39, 0.29) is 21.9 Å². The molecule has 2 atom stereocenters. The summed E-state index contributed by atoms with van der Waals surface area (Å²) in [4.78, 5) is 28.4. The number of halogens is 2. The summed E-state index contributed by atoms with van der Waals surface area (Å²) in [5.74, 6) is -0.350. The molecule has 3 aromatic rings. The second-order valence-corrected chi connectivity index (χ2v) is 11.9. The number of pyridine rings is 1. The quantitative estimate of drug-likeness (QED) is 0.490. The number of nitrogens with zero attached hydrogens (tertiary/aromatic N) is 4. The lowest BCUT2D eigenvalue weighted by atomic mass is 10.0. The molecule has 1 aliphatic rings. The predicted molar refractivity (Wildman–Crippen MR) is 137 cm³/mol. The van der Waals surface area contributed by atoms with Crippen LogP contribution in [0.5, 0.6) is 0 Å². The number of hydrogen-bond donors (Lipinski definition) is 1. The standard InChI is InChI=1S/C24H27F2N5OP2/c1-13(2)21-27-10-15(11-28-21)23(32)30-20-18(17-9-16(25)4-5-19(17)26)8-14(3)29-22(20)31-7-6-24(33,34)12-31/h4-5,8-11,13H,6-7,12,33-34H2,1-3H3,(H,30,32). The second kappa shape index (κ2) is 9.59. The zero-order chi connectivity index (χ0) is 24.6. The Bertz CT molecular complexity index is 1230. The molecule has 3 heterocycles. The topological polar surface area (TPSA) is 71.0 Å². The fourth-order valence-corrected chi connectivity index (χ4v) is 4.60. The summed E-state index contributed by atoms with van der Waals surface area (Å²) >= 11 is 0. The van der Waals surface area contributed by atoms with Crippen molar-refractivity contribution in [3.05, 3.63) is 65.4 Å². The van der Waals surface area contributed by atoms with Gasteiger partial charge in [-0.15, -0.1) is 18.5 Å². The SMILES string of the molecule is Cc1cc(-c2cc(F)ccc2F)c(NC(=O)c2cnc(C(C)C)nc2)c(N2CCC(P)(P)C2)n1. The average Bonchev–Trinajstić information content (AvgIpc) is 3.15. The van der Waals surface area contributed by atoms with Crippen LogP contribution in [0.3, 0.4) is 0 Å². The van der Waals surface area contributed by atoms with Crippen LogP contribution in [-0.2, 0) is 0 Å². The lowest BCUT2D eigenvalue weighted by Crippen LogP contribution is -2.26. The molecule has 2 unspecified atom stereocenters. The van der Waals surface area contributed by atoms with Crippen molar-refractivity contribution in [2.75, 3.05) is 23.3 Å². The molecule has 10 heteroatoms. The van der Waals surface area contributed by atoms with Crippen molar-refractivity contribution in [3.63, 3.8) is 0 Å². The Kier molecular flexibility index (Phi) is 6.93. The van der Waals surface area contributed by atoms with E-state index in [1.165, 1.54) is 12.4 Å². The minimum atomic E-state index is -0.592. The molecule has 0 saturated carbocycles. The van der Waals surface area contributed by atoms with Crippen LogP contribution in [0.1, 0.15) is 48.1 Å². The Morgan fingerprint density at radius 2 is 1.85 bits per heavy atom. The molecule has 1 aromatic carbocycles. The molecule has 0 radical (unpaired) electrons. The van der Waals surface area contributed by atoms with Gasteiger partial charge in [-0.05, 0) is 37.6 Å². The number of nitrogens with one attached hydrogen (secondary N) is 1. The van der Waals surface area contributed by atoms with Gasteiger partial charge in [0.05, 0.1) is 11.3 Å². The third-order valence-corrected chi connectivity index (χ3v) is 6.61. The summed E-state index contributed by atoms with van der Waals surface area (Å²) in [5.41, 5.74) is 1.62. The van der Waals surface area contributed by atoms with E-state index in [4.69, 9.17) is 0 Å². The van der Waals surface area contributed by atoms with Crippen LogP contribution in [0, 0.1) is 18.6 Å². The van der Waals surface area contributed by atoms with Crippen LogP contribution in [0.15, 0.2) is 36.7 Å². The summed E-state index contributed by atoms with van der Waals surface area (Å²) in [6.45, 7) is 7.07. The van der Waals surface area contributed by atoms with Crippen molar-refractivity contribution >= 4 is 35.9 Å². The van der Waals surface area contributed by atoms with Gasteiger partial charge >= 0.3 is 0 Å². The van der Waals surface area contributed by atoms with Crippen LogP contribution in [0.25, 0.3) is 11.1 Å². The number of carbonyl (C=O) groups is 1. The maximum absolute atomic E-state index is 14.8. The first-order chi connectivity index (χ1) is 16.0. The number of anilines is 2. The van der Waals surface area contributed by atoms with E-state index in [9.17, 15) is 13.6 Å². The van der Waals surface area contributed by atoms with Crippen molar-refractivity contribution in [2.24, 2.45) is 0 Å². The van der Waals surface area contributed by atoms with Crippen LogP contribution in [0.2, 0.25) is 0 Å². The van der Waals surface area contributed by atoms with E-state index in [2.05, 4.69) is 38.7 Å². The highest BCUT2D eigenvalue weighted by Gasteiger charge is 2.33. The van der Waals surface area contributed by atoms with E-state index in [1.807, 2.05) is 18.7 Å². The van der Waals surface area contributed by atoms with E-state index in [0.717, 1.165) is 24.6 Å². The number of rotatable bonds is 5.